The van der Waals surface area contributed by atoms with E-state index in [9.17, 15) is 4.79 Å². The molecule has 1 saturated carbocycles. The summed E-state index contributed by atoms with van der Waals surface area (Å²) in [6.45, 7) is 6.95. The van der Waals surface area contributed by atoms with E-state index in [0.29, 0.717) is 31.5 Å². The highest BCUT2D eigenvalue weighted by Gasteiger charge is 2.45. The van der Waals surface area contributed by atoms with E-state index in [-0.39, 0.29) is 6.10 Å². The summed E-state index contributed by atoms with van der Waals surface area (Å²) >= 11 is 0. The average Bonchev–Trinajstić information content (AvgIpc) is 2.92. The first kappa shape index (κ1) is 16.2. The number of carbonyl (C=O) groups is 1. The van der Waals surface area contributed by atoms with Crippen molar-refractivity contribution in [1.82, 2.24) is 15.5 Å². The van der Waals surface area contributed by atoms with Crippen LogP contribution in [0.5, 0.6) is 0 Å². The van der Waals surface area contributed by atoms with E-state index in [1.165, 1.54) is 0 Å². The van der Waals surface area contributed by atoms with Crippen LogP contribution in [0.25, 0.3) is 0 Å². The van der Waals surface area contributed by atoms with Crippen molar-refractivity contribution in [1.29, 1.82) is 0 Å². The molecule has 128 valence electrons. The molecule has 0 radical (unpaired) electrons. The van der Waals surface area contributed by atoms with Gasteiger partial charge in [-0.2, -0.15) is 4.98 Å². The van der Waals surface area contributed by atoms with Gasteiger partial charge in [0.15, 0.2) is 11.9 Å². The first-order chi connectivity index (χ1) is 10.9. The minimum absolute atomic E-state index is 0.344. The van der Waals surface area contributed by atoms with Crippen molar-refractivity contribution in [3.05, 3.63) is 11.7 Å². The molecule has 23 heavy (non-hydrogen) atoms. The summed E-state index contributed by atoms with van der Waals surface area (Å²) in [6, 6.07) is 0. The summed E-state index contributed by atoms with van der Waals surface area (Å²) in [7, 11) is 0. The summed E-state index contributed by atoms with van der Waals surface area (Å²) in [5, 5.41) is 6.94. The fraction of sp³-hybridized carbons (Fsp3) is 0.800. The number of hydrogen-bond donors (Lipinski definition) is 1. The van der Waals surface area contributed by atoms with Gasteiger partial charge in [0, 0.05) is 0 Å². The summed E-state index contributed by atoms with van der Waals surface area (Å²) in [6.07, 6.45) is 1.69. The molecule has 8 nitrogen and oxygen atoms in total. The third-order valence-corrected chi connectivity index (χ3v) is 3.91. The maximum atomic E-state index is 12.1. The molecule has 1 amide bonds. The summed E-state index contributed by atoms with van der Waals surface area (Å²) in [5.74, 6) is 0.857. The van der Waals surface area contributed by atoms with E-state index in [4.69, 9.17) is 18.7 Å². The molecular weight excluding hydrogens is 302 g/mol. The lowest BCUT2D eigenvalue weighted by atomic mass is 9.76. The van der Waals surface area contributed by atoms with Crippen molar-refractivity contribution in [2.24, 2.45) is 0 Å². The first-order valence-electron chi connectivity index (χ1n) is 7.93. The molecule has 1 aromatic rings. The molecule has 1 atom stereocenters. The molecule has 0 spiro atoms. The Morgan fingerprint density at radius 1 is 1.35 bits per heavy atom. The van der Waals surface area contributed by atoms with Crippen molar-refractivity contribution < 1.29 is 23.5 Å². The number of ether oxygens (including phenoxy) is 3. The number of hydrogen-bond acceptors (Lipinski definition) is 7. The van der Waals surface area contributed by atoms with Crippen LogP contribution in [0.1, 0.15) is 57.9 Å². The molecule has 1 N–H and O–H groups in total. The Morgan fingerprint density at radius 3 is 2.70 bits per heavy atom. The van der Waals surface area contributed by atoms with E-state index in [2.05, 4.69) is 15.5 Å². The van der Waals surface area contributed by atoms with Crippen LogP contribution in [0.4, 0.5) is 4.79 Å². The standard InChI is InChI=1S/C15H23N3O5/c1-14(2,3)22-13(19)17-15(5-4-6-15)12-16-11(23-18-12)10-9-20-7-8-21-10/h10H,4-9H2,1-3H3,(H,17,19)/t10-/m0/s1. The first-order valence-corrected chi connectivity index (χ1v) is 7.93. The van der Waals surface area contributed by atoms with Gasteiger partial charge >= 0.3 is 6.09 Å². The predicted molar refractivity (Wildman–Crippen MR) is 78.7 cm³/mol. The minimum Gasteiger partial charge on any atom is -0.444 e. The number of alkyl carbamates (subject to hydrolysis) is 1. The second kappa shape index (κ2) is 6.09. The van der Waals surface area contributed by atoms with Gasteiger partial charge in [-0.15, -0.1) is 0 Å². The maximum absolute atomic E-state index is 12.1. The fourth-order valence-corrected chi connectivity index (χ4v) is 2.62. The van der Waals surface area contributed by atoms with Gasteiger partial charge in [0.25, 0.3) is 5.89 Å². The molecule has 2 fully saturated rings. The Balaban J connectivity index is 1.70. The van der Waals surface area contributed by atoms with Gasteiger partial charge in [-0.05, 0) is 40.0 Å². The van der Waals surface area contributed by atoms with Crippen LogP contribution in [0, 0.1) is 0 Å². The number of carbonyl (C=O) groups excluding carboxylic acids is 1. The molecule has 8 heteroatoms. The maximum Gasteiger partial charge on any atom is 0.408 e. The highest BCUT2D eigenvalue weighted by atomic mass is 16.6. The topological polar surface area (TPSA) is 95.7 Å². The third-order valence-electron chi connectivity index (χ3n) is 3.91. The Labute approximate surface area is 134 Å². The Kier molecular flexibility index (Phi) is 4.29. The SMILES string of the molecule is CC(C)(C)OC(=O)NC1(c2noc([C@@H]3COCCO3)n2)CCC1. The molecule has 1 aromatic heterocycles. The molecular formula is C15H23N3O5. The average molecular weight is 325 g/mol. The molecule has 0 aromatic carbocycles. The van der Waals surface area contributed by atoms with Crippen molar-refractivity contribution >= 4 is 6.09 Å². The third kappa shape index (κ3) is 3.64. The van der Waals surface area contributed by atoms with Gasteiger partial charge in [0.05, 0.1) is 19.8 Å². The zero-order chi connectivity index (χ0) is 16.5. The largest absolute Gasteiger partial charge is 0.444 e. The molecule has 2 aliphatic rings. The van der Waals surface area contributed by atoms with Crippen LogP contribution in [0.15, 0.2) is 4.52 Å². The lowest BCUT2D eigenvalue weighted by Gasteiger charge is -2.39. The van der Waals surface area contributed by atoms with E-state index in [0.717, 1.165) is 19.3 Å². The number of nitrogens with one attached hydrogen (secondary N) is 1. The van der Waals surface area contributed by atoms with E-state index >= 15 is 0 Å². The molecule has 2 heterocycles. The lowest BCUT2D eigenvalue weighted by Crippen LogP contribution is -2.52. The number of nitrogens with zero attached hydrogens (tertiary/aromatic N) is 2. The second-order valence-corrected chi connectivity index (χ2v) is 6.95. The van der Waals surface area contributed by atoms with E-state index < -0.39 is 17.2 Å². The summed E-state index contributed by atoms with van der Waals surface area (Å²) in [5.41, 5.74) is -1.16. The summed E-state index contributed by atoms with van der Waals surface area (Å²) < 4.78 is 21.5. The van der Waals surface area contributed by atoms with Crippen molar-refractivity contribution in [3.63, 3.8) is 0 Å². The fourth-order valence-electron chi connectivity index (χ4n) is 2.62. The van der Waals surface area contributed by atoms with Crippen LogP contribution >= 0.6 is 0 Å². The minimum atomic E-state index is -0.612. The molecule has 0 bridgehead atoms. The normalized spacial score (nSPS) is 23.9. The lowest BCUT2D eigenvalue weighted by molar-refractivity contribution is -0.101. The quantitative estimate of drug-likeness (QED) is 0.908. The van der Waals surface area contributed by atoms with Crippen LogP contribution < -0.4 is 5.32 Å². The van der Waals surface area contributed by atoms with E-state index in [1.54, 1.807) is 0 Å². The highest BCUT2D eigenvalue weighted by molar-refractivity contribution is 5.69. The molecule has 1 aliphatic heterocycles. The molecule has 1 aliphatic carbocycles. The number of aromatic nitrogens is 2. The Morgan fingerprint density at radius 2 is 2.13 bits per heavy atom. The predicted octanol–water partition coefficient (Wildman–Crippen LogP) is 2.06. The van der Waals surface area contributed by atoms with Gasteiger partial charge in [-0.3, -0.25) is 0 Å². The molecule has 0 unspecified atom stereocenters. The van der Waals surface area contributed by atoms with Crippen molar-refractivity contribution in [2.75, 3.05) is 19.8 Å². The molecule has 3 rings (SSSR count). The van der Waals surface area contributed by atoms with Crippen molar-refractivity contribution in [3.8, 4) is 0 Å². The summed E-state index contributed by atoms with van der Waals surface area (Å²) in [4.78, 5) is 16.5. The van der Waals surface area contributed by atoms with Gasteiger partial charge in [-0.25, -0.2) is 4.79 Å². The monoisotopic (exact) mass is 325 g/mol. The van der Waals surface area contributed by atoms with Crippen molar-refractivity contribution in [2.45, 2.75) is 57.3 Å². The Hall–Kier alpha value is -1.67. The zero-order valence-corrected chi connectivity index (χ0v) is 13.8. The number of rotatable bonds is 3. The van der Waals surface area contributed by atoms with Gasteiger partial charge in [0.1, 0.15) is 11.1 Å². The van der Waals surface area contributed by atoms with Crippen LogP contribution in [0.3, 0.4) is 0 Å². The van der Waals surface area contributed by atoms with Crippen LogP contribution in [0.2, 0.25) is 0 Å². The highest BCUT2D eigenvalue weighted by Crippen LogP contribution is 2.40. The van der Waals surface area contributed by atoms with E-state index in [1.807, 2.05) is 20.8 Å². The number of amides is 1. The van der Waals surface area contributed by atoms with Gasteiger partial charge < -0.3 is 24.1 Å². The smallest absolute Gasteiger partial charge is 0.408 e. The van der Waals surface area contributed by atoms with Crippen LogP contribution in [-0.4, -0.2) is 41.7 Å². The van der Waals surface area contributed by atoms with Gasteiger partial charge in [-0.1, -0.05) is 5.16 Å². The second-order valence-electron chi connectivity index (χ2n) is 6.95. The zero-order valence-electron chi connectivity index (χ0n) is 13.8. The molecule has 1 saturated heterocycles. The van der Waals surface area contributed by atoms with Gasteiger partial charge in [0.2, 0.25) is 0 Å². The van der Waals surface area contributed by atoms with Crippen LogP contribution in [-0.2, 0) is 19.7 Å². The Bertz CT molecular complexity index is 556.